The van der Waals surface area contributed by atoms with Crippen molar-refractivity contribution in [2.75, 3.05) is 13.1 Å². The van der Waals surface area contributed by atoms with E-state index in [1.807, 2.05) is 17.6 Å². The molecule has 1 saturated heterocycles. The Bertz CT molecular complexity index is 729. The van der Waals surface area contributed by atoms with Gasteiger partial charge in [-0.2, -0.15) is 4.98 Å². The van der Waals surface area contributed by atoms with Gasteiger partial charge in [-0.1, -0.05) is 5.16 Å². The molecule has 20 heavy (non-hydrogen) atoms. The summed E-state index contributed by atoms with van der Waals surface area (Å²) in [6.45, 7) is 2.04. The van der Waals surface area contributed by atoms with Crippen molar-refractivity contribution in [3.8, 4) is 11.4 Å². The van der Waals surface area contributed by atoms with Crippen molar-refractivity contribution in [1.29, 1.82) is 0 Å². The van der Waals surface area contributed by atoms with Gasteiger partial charge in [0.2, 0.25) is 11.7 Å². The molecule has 1 fully saturated rings. The summed E-state index contributed by atoms with van der Waals surface area (Å²) < 4.78 is 6.59. The maximum Gasteiger partial charge on any atom is 0.230 e. The minimum Gasteiger partial charge on any atom is -0.339 e. The van der Waals surface area contributed by atoms with Crippen LogP contribution >= 0.6 is 11.3 Å². The second kappa shape index (κ2) is 4.96. The molecule has 0 saturated carbocycles. The number of piperidine rings is 1. The third-order valence-corrected chi connectivity index (χ3v) is 4.54. The van der Waals surface area contributed by atoms with Gasteiger partial charge in [-0.25, -0.2) is 0 Å². The maximum atomic E-state index is 5.44. The molecule has 1 aliphatic heterocycles. The zero-order chi connectivity index (χ0) is 13.4. The molecule has 4 rings (SSSR count). The summed E-state index contributed by atoms with van der Waals surface area (Å²) in [5.41, 5.74) is 1.93. The van der Waals surface area contributed by atoms with Crippen molar-refractivity contribution in [3.63, 3.8) is 0 Å². The molecule has 1 N–H and O–H groups in total. The fourth-order valence-corrected chi connectivity index (χ4v) is 3.34. The third kappa shape index (κ3) is 2.10. The predicted molar refractivity (Wildman–Crippen MR) is 77.8 cm³/mol. The number of fused-ring (bicyclic) bond motifs is 1. The summed E-state index contributed by atoms with van der Waals surface area (Å²) in [7, 11) is 0. The highest BCUT2D eigenvalue weighted by Gasteiger charge is 2.21. The van der Waals surface area contributed by atoms with Gasteiger partial charge in [0, 0.05) is 17.7 Å². The van der Waals surface area contributed by atoms with Crippen LogP contribution in [-0.4, -0.2) is 28.2 Å². The summed E-state index contributed by atoms with van der Waals surface area (Å²) in [6.07, 6.45) is 3.93. The van der Waals surface area contributed by atoms with Gasteiger partial charge >= 0.3 is 0 Å². The zero-order valence-corrected chi connectivity index (χ0v) is 11.7. The van der Waals surface area contributed by atoms with Gasteiger partial charge in [-0.05, 0) is 43.4 Å². The van der Waals surface area contributed by atoms with Crippen molar-refractivity contribution in [2.45, 2.75) is 18.8 Å². The summed E-state index contributed by atoms with van der Waals surface area (Å²) in [6, 6.07) is 4.09. The summed E-state index contributed by atoms with van der Waals surface area (Å²) in [5.74, 6) is 1.78. The van der Waals surface area contributed by atoms with Crippen molar-refractivity contribution in [1.82, 2.24) is 20.4 Å². The standard InChI is InChI=1S/C14H14N4OS/c1-4-15-5-2-9(1)14-17-13(18-19-14)10-7-12-11(16-8-10)3-6-20-12/h3,6-9,15H,1-2,4-5H2. The third-order valence-electron chi connectivity index (χ3n) is 3.69. The molecule has 3 aromatic heterocycles. The molecule has 0 radical (unpaired) electrons. The molecule has 0 unspecified atom stereocenters. The van der Waals surface area contributed by atoms with E-state index in [0.29, 0.717) is 11.7 Å². The van der Waals surface area contributed by atoms with Crippen LogP contribution in [0.3, 0.4) is 0 Å². The Labute approximate surface area is 120 Å². The lowest BCUT2D eigenvalue weighted by Crippen LogP contribution is -2.26. The molecule has 6 heteroatoms. The monoisotopic (exact) mass is 286 g/mol. The SMILES string of the molecule is c1cc2ncc(-c3noc(C4CCNCC4)n3)cc2s1. The van der Waals surface area contributed by atoms with Crippen LogP contribution in [-0.2, 0) is 0 Å². The number of hydrogen-bond acceptors (Lipinski definition) is 6. The Morgan fingerprint density at radius 1 is 1.30 bits per heavy atom. The van der Waals surface area contributed by atoms with Crippen LogP contribution in [0.25, 0.3) is 21.6 Å². The summed E-state index contributed by atoms with van der Waals surface area (Å²) in [5, 5.41) is 9.49. The van der Waals surface area contributed by atoms with Crippen LogP contribution in [0.4, 0.5) is 0 Å². The fraction of sp³-hybridized carbons (Fsp3) is 0.357. The normalized spacial score (nSPS) is 16.8. The molecular formula is C14H14N4OS. The molecule has 0 atom stereocenters. The van der Waals surface area contributed by atoms with E-state index in [2.05, 4.69) is 26.5 Å². The van der Waals surface area contributed by atoms with Crippen LogP contribution in [0, 0.1) is 0 Å². The number of nitrogens with one attached hydrogen (secondary N) is 1. The number of hydrogen-bond donors (Lipinski definition) is 1. The molecule has 3 aromatic rings. The van der Waals surface area contributed by atoms with Crippen LogP contribution in [0.15, 0.2) is 28.2 Å². The van der Waals surface area contributed by atoms with E-state index < -0.39 is 0 Å². The topological polar surface area (TPSA) is 63.8 Å². The zero-order valence-electron chi connectivity index (χ0n) is 10.9. The molecule has 0 bridgehead atoms. The second-order valence-corrected chi connectivity index (χ2v) is 5.96. The second-order valence-electron chi connectivity index (χ2n) is 5.01. The first-order valence-electron chi connectivity index (χ1n) is 6.78. The van der Waals surface area contributed by atoms with E-state index in [0.717, 1.165) is 47.6 Å². The molecule has 102 valence electrons. The lowest BCUT2D eigenvalue weighted by Gasteiger charge is -2.18. The van der Waals surface area contributed by atoms with Crippen molar-refractivity contribution >= 4 is 21.6 Å². The first-order valence-corrected chi connectivity index (χ1v) is 7.66. The largest absolute Gasteiger partial charge is 0.339 e. The van der Waals surface area contributed by atoms with Crippen LogP contribution in [0.1, 0.15) is 24.7 Å². The number of aromatic nitrogens is 3. The van der Waals surface area contributed by atoms with Crippen LogP contribution in [0.5, 0.6) is 0 Å². The predicted octanol–water partition coefficient (Wildman–Crippen LogP) is 2.81. The summed E-state index contributed by atoms with van der Waals surface area (Å²) >= 11 is 1.67. The molecule has 5 nitrogen and oxygen atoms in total. The molecule has 0 aromatic carbocycles. The molecular weight excluding hydrogens is 272 g/mol. The Morgan fingerprint density at radius 2 is 2.20 bits per heavy atom. The maximum absolute atomic E-state index is 5.44. The number of pyridine rings is 1. The molecule has 4 heterocycles. The van der Waals surface area contributed by atoms with Gasteiger partial charge in [0.25, 0.3) is 0 Å². The van der Waals surface area contributed by atoms with E-state index in [1.54, 1.807) is 11.3 Å². The summed E-state index contributed by atoms with van der Waals surface area (Å²) in [4.78, 5) is 8.97. The van der Waals surface area contributed by atoms with Crippen molar-refractivity contribution in [2.24, 2.45) is 0 Å². The van der Waals surface area contributed by atoms with Crippen LogP contribution in [0.2, 0.25) is 0 Å². The van der Waals surface area contributed by atoms with E-state index >= 15 is 0 Å². The highest BCUT2D eigenvalue weighted by atomic mass is 32.1. The molecule has 0 spiro atoms. The minimum absolute atomic E-state index is 0.385. The van der Waals surface area contributed by atoms with Crippen molar-refractivity contribution in [3.05, 3.63) is 29.6 Å². The first kappa shape index (κ1) is 12.0. The first-order chi connectivity index (χ1) is 9.90. The lowest BCUT2D eigenvalue weighted by molar-refractivity contribution is 0.320. The highest BCUT2D eigenvalue weighted by molar-refractivity contribution is 7.17. The lowest BCUT2D eigenvalue weighted by atomic mass is 9.98. The highest BCUT2D eigenvalue weighted by Crippen LogP contribution is 2.28. The Morgan fingerprint density at radius 3 is 3.10 bits per heavy atom. The van der Waals surface area contributed by atoms with Gasteiger partial charge in [0.1, 0.15) is 0 Å². The average Bonchev–Trinajstić information content (AvgIpc) is 3.16. The van der Waals surface area contributed by atoms with Crippen molar-refractivity contribution < 1.29 is 4.52 Å². The quantitative estimate of drug-likeness (QED) is 0.784. The van der Waals surface area contributed by atoms with Gasteiger partial charge in [-0.3, -0.25) is 4.98 Å². The number of nitrogens with zero attached hydrogens (tertiary/aromatic N) is 3. The van der Waals surface area contributed by atoms with Crippen LogP contribution < -0.4 is 5.32 Å². The van der Waals surface area contributed by atoms with E-state index in [4.69, 9.17) is 4.52 Å². The Hall–Kier alpha value is -1.79. The molecule has 0 aliphatic carbocycles. The molecule has 1 aliphatic rings. The fourth-order valence-electron chi connectivity index (χ4n) is 2.56. The van der Waals surface area contributed by atoms with Gasteiger partial charge in [0.05, 0.1) is 10.2 Å². The van der Waals surface area contributed by atoms with E-state index in [1.165, 1.54) is 0 Å². The van der Waals surface area contributed by atoms with Gasteiger partial charge in [0.15, 0.2) is 0 Å². The average molecular weight is 286 g/mol. The molecule has 0 amide bonds. The van der Waals surface area contributed by atoms with Gasteiger partial charge < -0.3 is 9.84 Å². The minimum atomic E-state index is 0.385. The smallest absolute Gasteiger partial charge is 0.230 e. The number of rotatable bonds is 2. The van der Waals surface area contributed by atoms with Gasteiger partial charge in [-0.15, -0.1) is 11.3 Å². The Balaban J connectivity index is 1.66. The number of thiophene rings is 1. The van der Waals surface area contributed by atoms with E-state index in [-0.39, 0.29) is 0 Å². The van der Waals surface area contributed by atoms with E-state index in [9.17, 15) is 0 Å². The Kier molecular flexibility index (Phi) is 2.97.